The first-order chi connectivity index (χ1) is 27.0. The zero-order chi connectivity index (χ0) is 43.8. The van der Waals surface area contributed by atoms with E-state index in [1.165, 1.54) is 19.3 Å². The maximum atomic E-state index is 14.1. The molecular formula is C41H60F3NO11SSi. The lowest BCUT2D eigenvalue weighted by atomic mass is 9.87. The number of phenols is 1. The molecule has 3 atom stereocenters. The number of Topliss-reactive ketones (excluding diaryl/α,β-unsaturated/α-hetero) is 1. The van der Waals surface area contributed by atoms with Crippen LogP contribution in [0, 0.1) is 21.4 Å². The van der Waals surface area contributed by atoms with Crippen molar-refractivity contribution in [3.05, 3.63) is 63.3 Å². The van der Waals surface area contributed by atoms with Gasteiger partial charge >= 0.3 is 27.3 Å². The number of phenolic OH excluding ortho intramolecular Hbond substituents is 1. The Morgan fingerprint density at radius 2 is 1.66 bits per heavy atom. The number of alkyl halides is 3. The summed E-state index contributed by atoms with van der Waals surface area (Å²) in [4.78, 5) is 38.8. The Labute approximate surface area is 341 Å². The second-order valence-electron chi connectivity index (χ2n) is 16.3. The number of nitro benzene ring substituents is 1. The van der Waals surface area contributed by atoms with E-state index >= 15 is 0 Å². The van der Waals surface area contributed by atoms with E-state index in [9.17, 15) is 46.4 Å². The molecule has 0 spiro atoms. The first kappa shape index (κ1) is 48.8. The summed E-state index contributed by atoms with van der Waals surface area (Å²) < 4.78 is 84.7. The smallest absolute Gasteiger partial charge is 0.502 e. The van der Waals surface area contributed by atoms with Crippen LogP contribution in [-0.2, 0) is 39.5 Å². The number of hydrogen-bond donors (Lipinski definition) is 1. The number of carbonyl (C=O) groups is 2. The third-order valence-corrected chi connectivity index (χ3v) is 18.6. The van der Waals surface area contributed by atoms with Crippen molar-refractivity contribution < 1.29 is 59.3 Å². The predicted molar refractivity (Wildman–Crippen MR) is 216 cm³/mol. The number of ketones is 1. The molecule has 17 heteroatoms. The van der Waals surface area contributed by atoms with Crippen molar-refractivity contribution in [2.75, 3.05) is 13.7 Å². The molecule has 58 heavy (non-hydrogen) atoms. The predicted octanol–water partition coefficient (Wildman–Crippen LogP) is 9.96. The Balaban J connectivity index is 2.07. The molecule has 2 aliphatic rings. The highest BCUT2D eigenvalue weighted by Crippen LogP contribution is 2.51. The number of hydrogen-bond acceptors (Lipinski definition) is 11. The van der Waals surface area contributed by atoms with Gasteiger partial charge in [0, 0.05) is 17.9 Å². The number of rotatable bonds is 22. The quantitative estimate of drug-likeness (QED) is 0.0172. The zero-order valence-corrected chi connectivity index (χ0v) is 36.8. The molecule has 0 bridgehead atoms. The standard InChI is InChI=1S/C41H60F3NO11SSi/c1-26(2)58(27(3)4,28(5)6)56-37(29(7)16-15-19-32-24-33(53-9)25-34(36(32)46)45(49)50)30(8)35(20-13-14-23-54-57(51,52)41(42,43)44)55-39(48)40(21-22-40)38(47)31-17-11-10-12-18-31/h13-14,16-17,24-28,30,35,37,46H,10-12,15,18-23H2,1-9H3/b14-13+,29-16-/t30-,35-,37-/m0/s1. The number of halogens is 3. The van der Waals surface area contributed by atoms with Gasteiger partial charge in [-0.05, 0) is 92.1 Å². The summed E-state index contributed by atoms with van der Waals surface area (Å²) >= 11 is 0. The summed E-state index contributed by atoms with van der Waals surface area (Å²) in [5.41, 5.74) is -5.35. The first-order valence-corrected chi connectivity index (χ1v) is 23.5. The number of esters is 1. The van der Waals surface area contributed by atoms with Gasteiger partial charge in [-0.1, -0.05) is 72.8 Å². The van der Waals surface area contributed by atoms with Gasteiger partial charge in [0.25, 0.3) is 0 Å². The zero-order valence-electron chi connectivity index (χ0n) is 35.0. The minimum Gasteiger partial charge on any atom is -0.502 e. The van der Waals surface area contributed by atoms with E-state index in [-0.39, 0.29) is 41.0 Å². The van der Waals surface area contributed by atoms with Gasteiger partial charge in [-0.3, -0.25) is 23.9 Å². The lowest BCUT2D eigenvalue weighted by molar-refractivity contribution is -0.386. The molecule has 0 unspecified atom stereocenters. The van der Waals surface area contributed by atoms with Gasteiger partial charge in [0.1, 0.15) is 17.3 Å². The number of nitro groups is 1. The third-order valence-electron chi connectivity index (χ3n) is 11.6. The molecule has 0 amide bonds. The molecule has 1 aromatic carbocycles. The summed E-state index contributed by atoms with van der Waals surface area (Å²) in [5.74, 6) is -1.81. The number of aryl methyl sites for hydroxylation is 1. The van der Waals surface area contributed by atoms with Gasteiger partial charge < -0.3 is 19.0 Å². The van der Waals surface area contributed by atoms with Crippen molar-refractivity contribution in [2.45, 2.75) is 148 Å². The van der Waals surface area contributed by atoms with Crippen LogP contribution in [0.1, 0.15) is 112 Å². The van der Waals surface area contributed by atoms with Crippen molar-refractivity contribution in [1.29, 1.82) is 0 Å². The van der Waals surface area contributed by atoms with Crippen LogP contribution < -0.4 is 4.74 Å². The van der Waals surface area contributed by atoms with Gasteiger partial charge in [0.05, 0.1) is 30.8 Å². The van der Waals surface area contributed by atoms with E-state index in [0.29, 0.717) is 36.8 Å². The maximum Gasteiger partial charge on any atom is 0.523 e. The summed E-state index contributed by atoms with van der Waals surface area (Å²) in [6.07, 6.45) is 8.81. The van der Waals surface area contributed by atoms with E-state index in [1.807, 2.05) is 26.0 Å². The lowest BCUT2D eigenvalue weighted by Gasteiger charge is -2.47. The number of aromatic hydroxyl groups is 1. The molecule has 326 valence electrons. The number of ether oxygens (including phenoxy) is 2. The highest BCUT2D eigenvalue weighted by molar-refractivity contribution is 7.87. The molecule has 2 aliphatic carbocycles. The fourth-order valence-electron chi connectivity index (χ4n) is 8.22. The Morgan fingerprint density at radius 1 is 1.03 bits per heavy atom. The Kier molecular flexibility index (Phi) is 17.0. The van der Waals surface area contributed by atoms with Crippen LogP contribution >= 0.6 is 0 Å². The molecule has 1 N–H and O–H groups in total. The minimum absolute atomic E-state index is 0.0661. The number of nitrogens with zero attached hydrogens (tertiary/aromatic N) is 1. The molecule has 1 saturated carbocycles. The largest absolute Gasteiger partial charge is 0.523 e. The van der Waals surface area contributed by atoms with Gasteiger partial charge in [-0.15, -0.1) is 0 Å². The van der Waals surface area contributed by atoms with Crippen molar-refractivity contribution >= 4 is 35.9 Å². The number of methoxy groups -OCH3 is 1. The van der Waals surface area contributed by atoms with Crippen LogP contribution in [-0.4, -0.2) is 70.0 Å². The van der Waals surface area contributed by atoms with Crippen molar-refractivity contribution in [2.24, 2.45) is 11.3 Å². The Bertz CT molecular complexity index is 1810. The van der Waals surface area contributed by atoms with Crippen LogP contribution in [0.15, 0.2) is 47.6 Å². The molecule has 1 fully saturated rings. The van der Waals surface area contributed by atoms with Crippen LogP contribution in [0.2, 0.25) is 16.6 Å². The molecular weight excluding hydrogens is 800 g/mol. The second kappa shape index (κ2) is 20.1. The van der Waals surface area contributed by atoms with Crippen LogP contribution in [0.4, 0.5) is 18.9 Å². The number of allylic oxidation sites excluding steroid dienone is 3. The molecule has 0 heterocycles. The molecule has 0 saturated heterocycles. The summed E-state index contributed by atoms with van der Waals surface area (Å²) in [7, 11) is -7.15. The van der Waals surface area contributed by atoms with E-state index in [2.05, 4.69) is 45.7 Å². The second-order valence-corrected chi connectivity index (χ2v) is 23.3. The average Bonchev–Trinajstić information content (AvgIpc) is 3.96. The molecule has 12 nitrogen and oxygen atoms in total. The van der Waals surface area contributed by atoms with E-state index in [0.717, 1.165) is 37.0 Å². The molecule has 1 aromatic rings. The number of carbonyl (C=O) groups excluding carboxylic acids is 2. The first-order valence-electron chi connectivity index (χ1n) is 19.9. The van der Waals surface area contributed by atoms with Crippen molar-refractivity contribution in [3.63, 3.8) is 0 Å². The third kappa shape index (κ3) is 11.4. The van der Waals surface area contributed by atoms with E-state index < -0.39 is 76.4 Å². The highest BCUT2D eigenvalue weighted by atomic mass is 32.2. The molecule has 0 aromatic heterocycles. The SMILES string of the molecule is COc1cc(CC/C=C(/C)[C@H](O[Si](C(C)C)(C(C)C)C(C)C)[C@@H](C)[C@H](C/C=C/COS(=O)(=O)C(F)(F)F)OC(=O)C2(C(=O)C3=CCCCC3)CC2)c(O)c([N+](=O)[O-])c1. The van der Waals surface area contributed by atoms with Gasteiger partial charge in [0.2, 0.25) is 8.32 Å². The van der Waals surface area contributed by atoms with Gasteiger partial charge in [-0.25, -0.2) is 0 Å². The summed E-state index contributed by atoms with van der Waals surface area (Å²) in [6, 6.07) is 2.67. The summed E-state index contributed by atoms with van der Waals surface area (Å²) in [5, 5.41) is 22.3. The normalized spacial score (nSPS) is 18.0. The molecule has 0 aliphatic heterocycles. The fraction of sp³-hybridized carbons (Fsp3) is 0.659. The lowest BCUT2D eigenvalue weighted by Crippen LogP contribution is -2.53. The highest BCUT2D eigenvalue weighted by Gasteiger charge is 2.59. The molecule has 3 rings (SSSR count). The van der Waals surface area contributed by atoms with E-state index in [4.69, 9.17) is 13.9 Å². The number of benzene rings is 1. The van der Waals surface area contributed by atoms with E-state index in [1.54, 1.807) is 0 Å². The van der Waals surface area contributed by atoms with Crippen LogP contribution in [0.5, 0.6) is 11.5 Å². The minimum atomic E-state index is -5.84. The van der Waals surface area contributed by atoms with Gasteiger partial charge in [0.15, 0.2) is 11.5 Å². The average molecular weight is 860 g/mol. The fourth-order valence-corrected chi connectivity index (χ4v) is 14.3. The van der Waals surface area contributed by atoms with Crippen LogP contribution in [0.3, 0.4) is 0 Å². The Hall–Kier alpha value is -3.54. The van der Waals surface area contributed by atoms with Gasteiger partial charge in [-0.2, -0.15) is 21.6 Å². The van der Waals surface area contributed by atoms with Crippen LogP contribution in [0.25, 0.3) is 0 Å². The van der Waals surface area contributed by atoms with Crippen molar-refractivity contribution in [1.82, 2.24) is 0 Å². The maximum absolute atomic E-state index is 14.1. The monoisotopic (exact) mass is 859 g/mol. The van der Waals surface area contributed by atoms with Crippen molar-refractivity contribution in [3.8, 4) is 11.5 Å². The topological polar surface area (TPSA) is 169 Å². The summed E-state index contributed by atoms with van der Waals surface area (Å²) in [6.45, 7) is 15.5. The Morgan fingerprint density at radius 3 is 2.16 bits per heavy atom. The molecule has 0 radical (unpaired) electrons.